The van der Waals surface area contributed by atoms with Gasteiger partial charge in [-0.3, -0.25) is 0 Å². The van der Waals surface area contributed by atoms with Crippen LogP contribution in [0, 0.1) is 11.8 Å². The highest BCUT2D eigenvalue weighted by Crippen LogP contribution is 1.97. The lowest BCUT2D eigenvalue weighted by Crippen LogP contribution is -1.76. The van der Waals surface area contributed by atoms with Gasteiger partial charge in [0.1, 0.15) is 0 Å². The Morgan fingerprint density at radius 1 is 0.667 bits per heavy atom. The molecule has 0 heterocycles. The van der Waals surface area contributed by atoms with Crippen LogP contribution in [-0.2, 0) is 0 Å². The highest BCUT2D eigenvalue weighted by molar-refractivity contribution is 6.18. The molecule has 0 aliphatic carbocycles. The van der Waals surface area contributed by atoms with Crippen LogP contribution in [0.3, 0.4) is 0 Å². The van der Waals surface area contributed by atoms with E-state index in [4.69, 9.17) is 23.2 Å². The largest absolute Gasteiger partial charge is 0.127 e. The summed E-state index contributed by atoms with van der Waals surface area (Å²) in [5.74, 6) is 7.77. The van der Waals surface area contributed by atoms with Crippen LogP contribution in [0.2, 0.25) is 0 Å². The molecule has 12 heavy (non-hydrogen) atoms. The second kappa shape index (κ2) is 11.1. The molecular formula is C10H16Cl2. The van der Waals surface area contributed by atoms with Gasteiger partial charge in [0.2, 0.25) is 0 Å². The predicted octanol–water partition coefficient (Wildman–Crippen LogP) is 3.81. The molecule has 0 radical (unpaired) electrons. The fourth-order valence-corrected chi connectivity index (χ4v) is 1.17. The lowest BCUT2D eigenvalue weighted by Gasteiger charge is -1.89. The zero-order valence-electron chi connectivity index (χ0n) is 7.41. The third kappa shape index (κ3) is 10.1. The standard InChI is InChI=1S/C10H16Cl2/c11-9-7-5-3-1-2-4-6-8-10-12/h3-10H2. The summed E-state index contributed by atoms with van der Waals surface area (Å²) in [5.41, 5.74) is 0. The maximum Gasteiger partial charge on any atom is 0.0223 e. The van der Waals surface area contributed by atoms with Gasteiger partial charge in [-0.05, 0) is 25.7 Å². The third-order valence-corrected chi connectivity index (χ3v) is 2.03. The van der Waals surface area contributed by atoms with E-state index in [1.807, 2.05) is 0 Å². The maximum atomic E-state index is 5.52. The molecule has 0 saturated carbocycles. The summed E-state index contributed by atoms with van der Waals surface area (Å²) < 4.78 is 0. The molecule has 0 N–H and O–H groups in total. The van der Waals surface area contributed by atoms with Crippen LogP contribution in [0.4, 0.5) is 0 Å². The molecule has 0 unspecified atom stereocenters. The maximum absolute atomic E-state index is 5.52. The molecule has 0 aromatic rings. The van der Waals surface area contributed by atoms with E-state index in [0.717, 1.165) is 50.3 Å². The van der Waals surface area contributed by atoms with E-state index in [-0.39, 0.29) is 0 Å². The van der Waals surface area contributed by atoms with E-state index < -0.39 is 0 Å². The number of hydrogen-bond acceptors (Lipinski definition) is 0. The first-order chi connectivity index (χ1) is 5.91. The van der Waals surface area contributed by atoms with Crippen LogP contribution in [0.25, 0.3) is 0 Å². The highest BCUT2D eigenvalue weighted by atomic mass is 35.5. The normalized spacial score (nSPS) is 9.17. The minimum Gasteiger partial charge on any atom is -0.127 e. The zero-order valence-corrected chi connectivity index (χ0v) is 8.92. The van der Waals surface area contributed by atoms with Crippen LogP contribution >= 0.6 is 23.2 Å². The lowest BCUT2D eigenvalue weighted by atomic mass is 10.2. The van der Waals surface area contributed by atoms with Gasteiger partial charge >= 0.3 is 0 Å². The molecule has 70 valence electrons. The topological polar surface area (TPSA) is 0 Å². The van der Waals surface area contributed by atoms with Crippen LogP contribution in [0.1, 0.15) is 38.5 Å². The van der Waals surface area contributed by atoms with Gasteiger partial charge in [0, 0.05) is 24.6 Å². The Morgan fingerprint density at radius 2 is 1.08 bits per heavy atom. The molecule has 0 aromatic carbocycles. The summed E-state index contributed by atoms with van der Waals surface area (Å²) in [6.07, 6.45) is 6.41. The molecule has 0 atom stereocenters. The Balaban J connectivity index is 3.01. The van der Waals surface area contributed by atoms with Crippen molar-refractivity contribution in [3.8, 4) is 11.8 Å². The molecular weight excluding hydrogens is 191 g/mol. The Morgan fingerprint density at radius 3 is 1.42 bits per heavy atom. The first kappa shape index (κ1) is 12.1. The summed E-state index contributed by atoms with van der Waals surface area (Å²) in [5, 5.41) is 0. The fourth-order valence-electron chi connectivity index (χ4n) is 0.793. The first-order valence-corrected chi connectivity index (χ1v) is 5.56. The molecule has 0 bridgehead atoms. The summed E-state index contributed by atoms with van der Waals surface area (Å²) >= 11 is 11.0. The number of rotatable bonds is 6. The van der Waals surface area contributed by atoms with Gasteiger partial charge in [-0.1, -0.05) is 0 Å². The number of unbranched alkanes of at least 4 members (excludes halogenated alkanes) is 4. The van der Waals surface area contributed by atoms with E-state index in [0.29, 0.717) is 0 Å². The second-order valence-corrected chi connectivity index (χ2v) is 3.40. The van der Waals surface area contributed by atoms with Crippen molar-refractivity contribution < 1.29 is 0 Å². The molecule has 0 aromatic heterocycles. The van der Waals surface area contributed by atoms with E-state index in [2.05, 4.69) is 11.8 Å². The summed E-state index contributed by atoms with van der Waals surface area (Å²) in [6.45, 7) is 0. The molecule has 0 spiro atoms. The van der Waals surface area contributed by atoms with Crippen molar-refractivity contribution in [3.05, 3.63) is 0 Å². The van der Waals surface area contributed by atoms with Crippen molar-refractivity contribution in [2.75, 3.05) is 11.8 Å². The highest BCUT2D eigenvalue weighted by Gasteiger charge is 1.83. The Bertz CT molecular complexity index is 119. The number of alkyl halides is 2. The summed E-state index contributed by atoms with van der Waals surface area (Å²) in [7, 11) is 0. The van der Waals surface area contributed by atoms with Gasteiger partial charge in [-0.15, -0.1) is 35.0 Å². The molecule has 0 amide bonds. The van der Waals surface area contributed by atoms with Gasteiger partial charge < -0.3 is 0 Å². The van der Waals surface area contributed by atoms with Crippen LogP contribution in [0.5, 0.6) is 0 Å². The fraction of sp³-hybridized carbons (Fsp3) is 0.800. The Hall–Kier alpha value is 0.140. The Labute approximate surface area is 85.6 Å². The van der Waals surface area contributed by atoms with Gasteiger partial charge in [0.25, 0.3) is 0 Å². The summed E-state index contributed by atoms with van der Waals surface area (Å²) in [4.78, 5) is 0. The van der Waals surface area contributed by atoms with Crippen molar-refractivity contribution in [1.82, 2.24) is 0 Å². The van der Waals surface area contributed by atoms with Crippen molar-refractivity contribution in [2.45, 2.75) is 38.5 Å². The van der Waals surface area contributed by atoms with Crippen LogP contribution < -0.4 is 0 Å². The van der Waals surface area contributed by atoms with E-state index in [1.54, 1.807) is 0 Å². The smallest absolute Gasteiger partial charge is 0.0223 e. The quantitative estimate of drug-likeness (QED) is 0.353. The second-order valence-electron chi connectivity index (χ2n) is 2.65. The molecule has 0 aliphatic heterocycles. The van der Waals surface area contributed by atoms with Gasteiger partial charge in [-0.2, -0.15) is 0 Å². The van der Waals surface area contributed by atoms with E-state index >= 15 is 0 Å². The van der Waals surface area contributed by atoms with Crippen molar-refractivity contribution in [3.63, 3.8) is 0 Å². The monoisotopic (exact) mass is 206 g/mol. The average molecular weight is 207 g/mol. The average Bonchev–Trinajstić information content (AvgIpc) is 2.10. The third-order valence-electron chi connectivity index (χ3n) is 1.50. The summed E-state index contributed by atoms with van der Waals surface area (Å²) in [6, 6.07) is 0. The van der Waals surface area contributed by atoms with Gasteiger partial charge in [-0.25, -0.2) is 0 Å². The minimum atomic E-state index is 0.758. The molecule has 0 fully saturated rings. The SMILES string of the molecule is ClCCCCC#CCCCCCl. The van der Waals surface area contributed by atoms with Crippen molar-refractivity contribution in [1.29, 1.82) is 0 Å². The van der Waals surface area contributed by atoms with Crippen molar-refractivity contribution >= 4 is 23.2 Å². The molecule has 0 nitrogen and oxygen atoms in total. The molecule has 0 aliphatic rings. The van der Waals surface area contributed by atoms with Gasteiger partial charge in [0.05, 0.1) is 0 Å². The predicted molar refractivity (Wildman–Crippen MR) is 56.9 cm³/mol. The van der Waals surface area contributed by atoms with Crippen LogP contribution in [-0.4, -0.2) is 11.8 Å². The van der Waals surface area contributed by atoms with E-state index in [1.165, 1.54) is 0 Å². The zero-order chi connectivity index (χ0) is 9.07. The first-order valence-electron chi connectivity index (χ1n) is 4.49. The molecule has 0 rings (SSSR count). The molecule has 2 heteroatoms. The van der Waals surface area contributed by atoms with Gasteiger partial charge in [0.15, 0.2) is 0 Å². The minimum absolute atomic E-state index is 0.758. The van der Waals surface area contributed by atoms with Crippen LogP contribution in [0.15, 0.2) is 0 Å². The molecule has 0 saturated heterocycles. The Kier molecular flexibility index (Phi) is 11.3. The van der Waals surface area contributed by atoms with Crippen molar-refractivity contribution in [2.24, 2.45) is 0 Å². The number of halogens is 2. The lowest BCUT2D eigenvalue weighted by molar-refractivity contribution is 0.820. The number of hydrogen-bond donors (Lipinski definition) is 0. The van der Waals surface area contributed by atoms with E-state index in [9.17, 15) is 0 Å².